The predicted octanol–water partition coefficient (Wildman–Crippen LogP) is 6.70. The first-order chi connectivity index (χ1) is 16.4. The smallest absolute Gasteiger partial charge is 0.161 e. The Bertz CT molecular complexity index is 920. The molecule has 5 rings (SSSR count). The summed E-state index contributed by atoms with van der Waals surface area (Å²) in [6.07, 6.45) is 10.8. The van der Waals surface area contributed by atoms with Crippen LogP contribution >= 0.6 is 0 Å². The minimum absolute atomic E-state index is 0.0497. The summed E-state index contributed by atoms with van der Waals surface area (Å²) in [5, 5.41) is 22.2. The monoisotopic (exact) mass is 502 g/mol. The minimum Gasteiger partial charge on any atom is -0.388 e. The molecule has 0 aromatic heterocycles. The molecule has 1 heterocycles. The summed E-state index contributed by atoms with van der Waals surface area (Å²) in [7, 11) is 0. The second kappa shape index (κ2) is 7.81. The van der Waals surface area contributed by atoms with Crippen LogP contribution in [0.15, 0.2) is 0 Å². The highest BCUT2D eigenvalue weighted by molar-refractivity contribution is 5.86. The molecule has 206 valence electrons. The number of rotatable bonds is 3. The van der Waals surface area contributed by atoms with Crippen molar-refractivity contribution in [2.45, 2.75) is 149 Å². The molecule has 5 fully saturated rings. The van der Waals surface area contributed by atoms with Crippen molar-refractivity contribution in [3.63, 3.8) is 0 Å². The molecule has 0 spiro atoms. The summed E-state index contributed by atoms with van der Waals surface area (Å²) in [6.45, 7) is 19.8. The van der Waals surface area contributed by atoms with E-state index in [9.17, 15) is 15.0 Å². The van der Waals surface area contributed by atoms with Gasteiger partial charge in [0.25, 0.3) is 0 Å². The third-order valence-corrected chi connectivity index (χ3v) is 14.1. The molecule has 4 aliphatic carbocycles. The molecule has 10 atom stereocenters. The molecule has 0 bridgehead atoms. The van der Waals surface area contributed by atoms with E-state index in [1.54, 1.807) is 6.92 Å². The van der Waals surface area contributed by atoms with Crippen LogP contribution in [-0.4, -0.2) is 38.9 Å². The van der Waals surface area contributed by atoms with Gasteiger partial charge >= 0.3 is 0 Å². The zero-order valence-corrected chi connectivity index (χ0v) is 24.7. The van der Waals surface area contributed by atoms with Crippen LogP contribution in [0.5, 0.6) is 0 Å². The van der Waals surface area contributed by atoms with Crippen LogP contribution < -0.4 is 0 Å². The molecule has 1 saturated heterocycles. The largest absolute Gasteiger partial charge is 0.388 e. The third kappa shape index (κ3) is 3.25. The Morgan fingerprint density at radius 2 is 1.42 bits per heavy atom. The van der Waals surface area contributed by atoms with Gasteiger partial charge in [0.15, 0.2) is 5.78 Å². The van der Waals surface area contributed by atoms with Crippen molar-refractivity contribution >= 4 is 5.78 Å². The van der Waals surface area contributed by atoms with Crippen molar-refractivity contribution in [3.8, 4) is 0 Å². The average Bonchev–Trinajstić information content (AvgIpc) is 3.33. The molecule has 1 aliphatic heterocycles. The molecule has 4 saturated carbocycles. The van der Waals surface area contributed by atoms with Gasteiger partial charge in [-0.2, -0.15) is 0 Å². The maximum absolute atomic E-state index is 12.7. The second-order valence-electron chi connectivity index (χ2n) is 16.1. The molecule has 4 nitrogen and oxygen atoms in total. The van der Waals surface area contributed by atoms with E-state index in [-0.39, 0.29) is 33.7 Å². The summed E-state index contributed by atoms with van der Waals surface area (Å²) in [6, 6.07) is 0. The number of hydrogen-bond acceptors (Lipinski definition) is 4. The van der Waals surface area contributed by atoms with Crippen molar-refractivity contribution in [2.75, 3.05) is 0 Å². The Hall–Kier alpha value is -0.450. The molecule has 36 heavy (non-hydrogen) atoms. The highest BCUT2D eigenvalue weighted by Gasteiger charge is 2.71. The number of carbonyl (C=O) groups is 1. The number of fused-ring (bicyclic) bond motifs is 5. The molecule has 4 heteroatoms. The number of hydrogen-bond donors (Lipinski definition) is 2. The zero-order chi connectivity index (χ0) is 26.7. The molecule has 0 radical (unpaired) electrons. The fourth-order valence-corrected chi connectivity index (χ4v) is 11.7. The van der Waals surface area contributed by atoms with E-state index in [1.165, 1.54) is 32.1 Å². The van der Waals surface area contributed by atoms with E-state index in [4.69, 9.17) is 4.74 Å². The minimum atomic E-state index is -1.20. The summed E-state index contributed by atoms with van der Waals surface area (Å²) >= 11 is 0. The first-order valence-corrected chi connectivity index (χ1v) is 15.0. The predicted molar refractivity (Wildman–Crippen MR) is 143 cm³/mol. The van der Waals surface area contributed by atoms with E-state index in [1.807, 2.05) is 13.8 Å². The second-order valence-corrected chi connectivity index (χ2v) is 16.1. The van der Waals surface area contributed by atoms with E-state index in [0.29, 0.717) is 30.1 Å². The van der Waals surface area contributed by atoms with Crippen molar-refractivity contribution in [1.82, 2.24) is 0 Å². The Balaban J connectivity index is 1.45. The van der Waals surface area contributed by atoms with Gasteiger partial charge in [-0.05, 0) is 132 Å². The molecule has 0 aromatic carbocycles. The van der Waals surface area contributed by atoms with E-state index < -0.39 is 16.6 Å². The lowest BCUT2D eigenvalue weighted by Crippen LogP contribution is -2.68. The lowest BCUT2D eigenvalue weighted by Gasteiger charge is -2.71. The summed E-state index contributed by atoms with van der Waals surface area (Å²) in [4.78, 5) is 12.7. The first-order valence-electron chi connectivity index (χ1n) is 15.0. The zero-order valence-electron chi connectivity index (χ0n) is 24.7. The van der Waals surface area contributed by atoms with Gasteiger partial charge in [-0.3, -0.25) is 4.79 Å². The number of ketones is 1. The van der Waals surface area contributed by atoms with Gasteiger partial charge in [0, 0.05) is 5.41 Å². The van der Waals surface area contributed by atoms with Crippen LogP contribution in [-0.2, 0) is 9.53 Å². The number of Topliss-reactive ketones (excluding diaryl/α,β-unsaturated/α-hetero) is 1. The highest BCUT2D eigenvalue weighted by Crippen LogP contribution is 2.76. The molecular formula is C32H54O4. The topological polar surface area (TPSA) is 66.8 Å². The van der Waals surface area contributed by atoms with Gasteiger partial charge in [-0.15, -0.1) is 0 Å². The molecular weight excluding hydrogens is 448 g/mol. The van der Waals surface area contributed by atoms with Crippen LogP contribution in [0.1, 0.15) is 127 Å². The number of aliphatic hydroxyl groups is 2. The van der Waals surface area contributed by atoms with Crippen LogP contribution in [0.4, 0.5) is 0 Å². The van der Waals surface area contributed by atoms with E-state index in [2.05, 4.69) is 41.5 Å². The molecule has 2 N–H and O–H groups in total. The lowest BCUT2D eigenvalue weighted by atomic mass is 9.34. The van der Waals surface area contributed by atoms with Crippen molar-refractivity contribution in [3.05, 3.63) is 0 Å². The van der Waals surface area contributed by atoms with Crippen molar-refractivity contribution in [2.24, 2.45) is 45.3 Å². The molecule has 0 amide bonds. The maximum Gasteiger partial charge on any atom is 0.161 e. The summed E-state index contributed by atoms with van der Waals surface area (Å²) in [5.41, 5.74) is -1.82. The molecule has 5 aliphatic rings. The quantitative estimate of drug-likeness (QED) is 0.451. The SMILES string of the molecule is CC(=O)[C@]1(O)CC[C@@]2(C)C(CC[C@]3(C)[C@@H]2CC[C@H]2[C@@H]([C@]4(C)CC[C@H](C(C)(C)O)O4)CC[C@@]23C)C1(C)C. The van der Waals surface area contributed by atoms with Gasteiger partial charge in [0.1, 0.15) is 5.60 Å². The van der Waals surface area contributed by atoms with E-state index in [0.717, 1.165) is 25.7 Å². The Morgan fingerprint density at radius 3 is 2.00 bits per heavy atom. The molecule has 0 aromatic rings. The summed E-state index contributed by atoms with van der Waals surface area (Å²) in [5.74, 6) is 2.16. The normalized spacial score (nSPS) is 54.5. The summed E-state index contributed by atoms with van der Waals surface area (Å²) < 4.78 is 6.73. The highest BCUT2D eigenvalue weighted by atomic mass is 16.5. The Morgan fingerprint density at radius 1 is 0.778 bits per heavy atom. The maximum atomic E-state index is 12.7. The van der Waals surface area contributed by atoms with E-state index >= 15 is 0 Å². The third-order valence-electron chi connectivity index (χ3n) is 14.1. The van der Waals surface area contributed by atoms with Crippen molar-refractivity contribution in [1.29, 1.82) is 0 Å². The number of ether oxygens (including phenoxy) is 1. The molecule has 1 unspecified atom stereocenters. The van der Waals surface area contributed by atoms with Crippen LogP contribution in [0.3, 0.4) is 0 Å². The average molecular weight is 503 g/mol. The van der Waals surface area contributed by atoms with Crippen LogP contribution in [0.25, 0.3) is 0 Å². The number of carbonyl (C=O) groups excluding carboxylic acids is 1. The van der Waals surface area contributed by atoms with Gasteiger partial charge in [0.05, 0.1) is 17.3 Å². The van der Waals surface area contributed by atoms with Gasteiger partial charge in [-0.25, -0.2) is 0 Å². The van der Waals surface area contributed by atoms with Crippen molar-refractivity contribution < 1.29 is 19.7 Å². The fourth-order valence-electron chi connectivity index (χ4n) is 11.7. The Kier molecular flexibility index (Phi) is 5.89. The van der Waals surface area contributed by atoms with Crippen LogP contribution in [0, 0.1) is 45.3 Å². The van der Waals surface area contributed by atoms with Gasteiger partial charge < -0.3 is 14.9 Å². The van der Waals surface area contributed by atoms with Gasteiger partial charge in [0.2, 0.25) is 0 Å². The fraction of sp³-hybridized carbons (Fsp3) is 0.969. The Labute approximate surface area is 220 Å². The lowest BCUT2D eigenvalue weighted by molar-refractivity contribution is -0.245. The van der Waals surface area contributed by atoms with Gasteiger partial charge in [-0.1, -0.05) is 34.6 Å². The standard InChI is InChI=1S/C32H54O4/c1-20(33)32(35)19-18-28(6)23(26(32,2)3)13-16-30(8)24(28)11-10-21-22(12-15-29(21,30)7)31(9)17-14-25(36-31)27(4,5)34/h21-25,34-35H,10-19H2,1-9H3/t21-,22-,23?,24+,25+,28-,29-,30+,31-,32+/m0/s1. The first kappa shape index (κ1) is 27.1. The van der Waals surface area contributed by atoms with Crippen LogP contribution in [0.2, 0.25) is 0 Å².